The van der Waals surface area contributed by atoms with Crippen molar-refractivity contribution < 1.29 is 22.7 Å². The Kier molecular flexibility index (Phi) is 4.24. The smallest absolute Gasteiger partial charge is 0.339 e. The van der Waals surface area contributed by atoms with Crippen LogP contribution in [-0.4, -0.2) is 46.6 Å². The molecule has 0 atom stereocenters. The summed E-state index contributed by atoms with van der Waals surface area (Å²) in [7, 11) is -1.59. The highest BCUT2D eigenvalue weighted by atomic mass is 32.2. The van der Waals surface area contributed by atoms with Crippen molar-refractivity contribution in [1.29, 1.82) is 0 Å². The van der Waals surface area contributed by atoms with Crippen molar-refractivity contribution in [2.75, 3.05) is 7.11 Å². The van der Waals surface area contributed by atoms with Gasteiger partial charge in [0.15, 0.2) is 10.7 Å². The van der Waals surface area contributed by atoms with Crippen LogP contribution in [0.3, 0.4) is 0 Å². The number of amides is 1. The summed E-state index contributed by atoms with van der Waals surface area (Å²) in [5.74, 6) is -1.54. The van der Waals surface area contributed by atoms with Crippen molar-refractivity contribution in [1.82, 2.24) is 23.9 Å². The topological polar surface area (TPSA) is 125 Å². The number of sulfonamides is 1. The molecule has 1 amide bonds. The fourth-order valence-corrected chi connectivity index (χ4v) is 3.66. The molecule has 3 aromatic rings. The number of rotatable bonds is 4. The molecule has 1 N–H and O–H groups in total. The lowest BCUT2D eigenvalue weighted by atomic mass is 10.2. The number of carbonyl (C=O) groups excluding carboxylic acids is 2. The molecule has 0 radical (unpaired) electrons. The van der Waals surface area contributed by atoms with Gasteiger partial charge in [-0.3, -0.25) is 4.79 Å². The normalized spacial score (nSPS) is 11.5. The maximum Gasteiger partial charge on any atom is 0.339 e. The lowest BCUT2D eigenvalue weighted by Gasteiger charge is -2.09. The highest BCUT2D eigenvalue weighted by Gasteiger charge is 2.25. The maximum absolute atomic E-state index is 12.5. The van der Waals surface area contributed by atoms with Crippen LogP contribution in [0.2, 0.25) is 0 Å². The molecular formula is C15H15N5O5S. The summed E-state index contributed by atoms with van der Waals surface area (Å²) in [6, 6.07) is 2.78. The fourth-order valence-electron chi connectivity index (χ4n) is 2.48. The zero-order chi connectivity index (χ0) is 19.1. The molecule has 0 spiro atoms. The molecule has 0 aliphatic carbocycles. The first-order valence-corrected chi connectivity index (χ1v) is 8.84. The lowest BCUT2D eigenvalue weighted by Crippen LogP contribution is -2.32. The van der Waals surface area contributed by atoms with E-state index in [1.54, 1.807) is 13.0 Å². The molecule has 0 saturated heterocycles. The average Bonchev–Trinajstić information content (AvgIpc) is 3.21. The fraction of sp³-hybridized carbons (Fsp3) is 0.200. The number of nitrogens with zero attached hydrogens (tertiary/aromatic N) is 4. The van der Waals surface area contributed by atoms with Gasteiger partial charge >= 0.3 is 5.97 Å². The second kappa shape index (κ2) is 6.26. The molecular weight excluding hydrogens is 362 g/mol. The Labute approximate surface area is 148 Å². The third-order valence-corrected chi connectivity index (χ3v) is 5.19. The van der Waals surface area contributed by atoms with E-state index in [2.05, 4.69) is 14.8 Å². The zero-order valence-electron chi connectivity index (χ0n) is 14.1. The number of methoxy groups -OCH3 is 1. The largest absolute Gasteiger partial charge is 0.465 e. The van der Waals surface area contributed by atoms with Gasteiger partial charge in [0.25, 0.3) is 15.9 Å². The summed E-state index contributed by atoms with van der Waals surface area (Å²) in [6.45, 7) is 1.63. The quantitative estimate of drug-likeness (QED) is 0.648. The van der Waals surface area contributed by atoms with Crippen molar-refractivity contribution in [2.24, 2.45) is 7.05 Å². The number of fused-ring (bicyclic) bond motifs is 1. The Morgan fingerprint density at radius 3 is 2.73 bits per heavy atom. The standard InChI is InChI=1S/C15H15N5O5S/c1-9-11(7-16-12-4-5-17-20(9)12)14(21)18-26(23,24)13-6-10(8-19(13)2)15(22)25-3/h4-8H,1-3H3,(H,18,21). The number of aromatic nitrogens is 4. The number of hydrogen-bond donors (Lipinski definition) is 1. The molecule has 0 aliphatic heterocycles. The Morgan fingerprint density at radius 1 is 1.31 bits per heavy atom. The van der Waals surface area contributed by atoms with Gasteiger partial charge in [0.05, 0.1) is 30.1 Å². The monoisotopic (exact) mass is 377 g/mol. The maximum atomic E-state index is 12.5. The van der Waals surface area contributed by atoms with Gasteiger partial charge < -0.3 is 9.30 Å². The minimum Gasteiger partial charge on any atom is -0.465 e. The van der Waals surface area contributed by atoms with Crippen LogP contribution in [0.5, 0.6) is 0 Å². The van der Waals surface area contributed by atoms with Crippen LogP contribution in [-0.2, 0) is 21.8 Å². The number of nitrogens with one attached hydrogen (secondary N) is 1. The summed E-state index contributed by atoms with van der Waals surface area (Å²) in [5.41, 5.74) is 1.09. The van der Waals surface area contributed by atoms with Crippen molar-refractivity contribution in [2.45, 2.75) is 11.9 Å². The number of hydrogen-bond acceptors (Lipinski definition) is 7. The molecule has 26 heavy (non-hydrogen) atoms. The molecule has 136 valence electrons. The molecule has 10 nitrogen and oxygen atoms in total. The molecule has 3 heterocycles. The van der Waals surface area contributed by atoms with Gasteiger partial charge in [0.2, 0.25) is 0 Å². The van der Waals surface area contributed by atoms with Crippen LogP contribution in [0.15, 0.2) is 35.7 Å². The Bertz CT molecular complexity index is 1130. The third kappa shape index (κ3) is 2.92. The van der Waals surface area contributed by atoms with E-state index in [0.717, 1.165) is 6.07 Å². The molecule has 0 bridgehead atoms. The third-order valence-electron chi connectivity index (χ3n) is 3.78. The second-order valence-electron chi connectivity index (χ2n) is 5.46. The second-order valence-corrected chi connectivity index (χ2v) is 7.09. The van der Waals surface area contributed by atoms with Crippen LogP contribution in [0, 0.1) is 6.92 Å². The molecule has 0 fully saturated rings. The van der Waals surface area contributed by atoms with Crippen molar-refractivity contribution in [3.8, 4) is 0 Å². The van der Waals surface area contributed by atoms with Crippen LogP contribution < -0.4 is 4.72 Å². The Morgan fingerprint density at radius 2 is 2.04 bits per heavy atom. The highest BCUT2D eigenvalue weighted by Crippen LogP contribution is 2.16. The number of ether oxygens (including phenoxy) is 1. The summed E-state index contributed by atoms with van der Waals surface area (Å²) in [4.78, 5) is 28.1. The van der Waals surface area contributed by atoms with Gasteiger partial charge in [0.1, 0.15) is 0 Å². The summed E-state index contributed by atoms with van der Waals surface area (Å²) in [6.07, 6.45) is 4.10. The Hall–Kier alpha value is -3.21. The molecule has 11 heteroatoms. The van der Waals surface area contributed by atoms with E-state index in [4.69, 9.17) is 0 Å². The number of aryl methyl sites for hydroxylation is 2. The lowest BCUT2D eigenvalue weighted by molar-refractivity contribution is 0.0600. The number of esters is 1. The molecule has 0 saturated carbocycles. The van der Waals surface area contributed by atoms with Crippen molar-refractivity contribution in [3.63, 3.8) is 0 Å². The van der Waals surface area contributed by atoms with E-state index in [1.165, 1.54) is 41.8 Å². The first-order valence-electron chi connectivity index (χ1n) is 7.36. The summed E-state index contributed by atoms with van der Waals surface area (Å²) in [5, 5.41) is 3.78. The summed E-state index contributed by atoms with van der Waals surface area (Å²) >= 11 is 0. The van der Waals surface area contributed by atoms with E-state index in [-0.39, 0.29) is 16.2 Å². The van der Waals surface area contributed by atoms with E-state index in [1.807, 2.05) is 4.72 Å². The van der Waals surface area contributed by atoms with E-state index in [9.17, 15) is 18.0 Å². The molecule has 0 unspecified atom stereocenters. The van der Waals surface area contributed by atoms with Gasteiger partial charge in [-0.25, -0.2) is 19.0 Å². The van der Waals surface area contributed by atoms with Crippen LogP contribution >= 0.6 is 0 Å². The minimum atomic E-state index is -4.22. The van der Waals surface area contributed by atoms with Gasteiger partial charge in [-0.05, 0) is 13.0 Å². The Balaban J connectivity index is 1.94. The van der Waals surface area contributed by atoms with E-state index >= 15 is 0 Å². The first kappa shape index (κ1) is 17.6. The molecule has 3 aromatic heterocycles. The van der Waals surface area contributed by atoms with Gasteiger partial charge in [-0.1, -0.05) is 0 Å². The molecule has 0 aliphatic rings. The molecule has 0 aromatic carbocycles. The van der Waals surface area contributed by atoms with Crippen LogP contribution in [0.25, 0.3) is 5.65 Å². The van der Waals surface area contributed by atoms with Crippen LogP contribution in [0.1, 0.15) is 26.4 Å². The minimum absolute atomic E-state index is 0.0543. The average molecular weight is 377 g/mol. The predicted molar refractivity (Wildman–Crippen MR) is 89.1 cm³/mol. The molecule has 3 rings (SSSR count). The van der Waals surface area contributed by atoms with Gasteiger partial charge in [0, 0.05) is 25.5 Å². The van der Waals surface area contributed by atoms with Crippen LogP contribution in [0.4, 0.5) is 0 Å². The van der Waals surface area contributed by atoms with Crippen molar-refractivity contribution in [3.05, 3.63) is 47.5 Å². The van der Waals surface area contributed by atoms with Crippen molar-refractivity contribution >= 4 is 27.5 Å². The SMILES string of the molecule is COC(=O)c1cc(S(=O)(=O)NC(=O)c2cnc3ccnn3c2C)n(C)c1. The predicted octanol–water partition coefficient (Wildman–Crippen LogP) is 0.282. The summed E-state index contributed by atoms with van der Waals surface area (Å²) < 4.78 is 34.3. The highest BCUT2D eigenvalue weighted by molar-refractivity contribution is 7.90. The number of carbonyl (C=O) groups is 2. The first-order chi connectivity index (χ1) is 12.2. The van der Waals surface area contributed by atoms with E-state index in [0.29, 0.717) is 11.3 Å². The van der Waals surface area contributed by atoms with Gasteiger partial charge in [-0.2, -0.15) is 13.5 Å². The van der Waals surface area contributed by atoms with Gasteiger partial charge in [-0.15, -0.1) is 0 Å². The van der Waals surface area contributed by atoms with E-state index < -0.39 is 21.9 Å². The zero-order valence-corrected chi connectivity index (χ0v) is 14.9.